The van der Waals surface area contributed by atoms with Crippen molar-refractivity contribution in [2.24, 2.45) is 5.92 Å². The van der Waals surface area contributed by atoms with Crippen LogP contribution in [0.1, 0.15) is 59.3 Å². The quantitative estimate of drug-likeness (QED) is 0.700. The highest BCUT2D eigenvalue weighted by Crippen LogP contribution is 2.23. The summed E-state index contributed by atoms with van der Waals surface area (Å²) in [5, 5.41) is 3.74. The van der Waals surface area contributed by atoms with Crippen molar-refractivity contribution in [3.63, 3.8) is 0 Å². The summed E-state index contributed by atoms with van der Waals surface area (Å²) < 4.78 is 0. The molecule has 2 nitrogen and oxygen atoms in total. The van der Waals surface area contributed by atoms with E-state index in [1.165, 1.54) is 64.7 Å². The van der Waals surface area contributed by atoms with E-state index in [2.05, 4.69) is 31.0 Å². The lowest BCUT2D eigenvalue weighted by Crippen LogP contribution is -2.39. The predicted octanol–water partition coefficient (Wildman–Crippen LogP) is 3.28. The molecule has 0 atom stereocenters. The minimum absolute atomic E-state index is 0.802. The molecule has 0 aromatic rings. The van der Waals surface area contributed by atoms with Crippen LogP contribution in [0, 0.1) is 5.92 Å². The zero-order chi connectivity index (χ0) is 12.5. The molecule has 0 aromatic heterocycles. The summed E-state index contributed by atoms with van der Waals surface area (Å²) in [4.78, 5) is 2.57. The van der Waals surface area contributed by atoms with Crippen LogP contribution in [-0.4, -0.2) is 37.1 Å². The summed E-state index contributed by atoms with van der Waals surface area (Å²) in [6.07, 6.45) is 8.28. The maximum Gasteiger partial charge on any atom is 0.0107 e. The van der Waals surface area contributed by atoms with Crippen molar-refractivity contribution < 1.29 is 0 Å². The molecular formula is C15H32N2. The number of nitrogens with zero attached hydrogens (tertiary/aromatic N) is 1. The Morgan fingerprint density at radius 2 is 1.76 bits per heavy atom. The monoisotopic (exact) mass is 240 g/mol. The fourth-order valence-electron chi connectivity index (χ4n) is 2.70. The average molecular weight is 240 g/mol. The molecule has 2 heteroatoms. The molecule has 1 saturated carbocycles. The molecule has 0 spiro atoms. The van der Waals surface area contributed by atoms with E-state index in [9.17, 15) is 0 Å². The van der Waals surface area contributed by atoms with Gasteiger partial charge >= 0.3 is 0 Å². The number of hydrogen-bond acceptors (Lipinski definition) is 2. The van der Waals surface area contributed by atoms with Gasteiger partial charge in [-0.1, -0.05) is 27.2 Å². The zero-order valence-corrected chi connectivity index (χ0v) is 12.2. The highest BCUT2D eigenvalue weighted by molar-refractivity contribution is 4.75. The van der Waals surface area contributed by atoms with E-state index >= 15 is 0 Å². The van der Waals surface area contributed by atoms with Crippen LogP contribution in [0.25, 0.3) is 0 Å². The van der Waals surface area contributed by atoms with Crippen LogP contribution in [0.15, 0.2) is 0 Å². The molecule has 17 heavy (non-hydrogen) atoms. The van der Waals surface area contributed by atoms with Gasteiger partial charge in [-0.2, -0.15) is 0 Å². The van der Waals surface area contributed by atoms with E-state index in [1.54, 1.807) is 0 Å². The topological polar surface area (TPSA) is 15.3 Å². The van der Waals surface area contributed by atoms with Crippen molar-refractivity contribution in [1.29, 1.82) is 0 Å². The van der Waals surface area contributed by atoms with E-state index in [0.717, 1.165) is 12.0 Å². The molecule has 1 aliphatic rings. The number of nitrogens with one attached hydrogen (secondary N) is 1. The van der Waals surface area contributed by atoms with Gasteiger partial charge in [0.2, 0.25) is 0 Å². The van der Waals surface area contributed by atoms with Crippen molar-refractivity contribution in [3.05, 3.63) is 0 Å². The van der Waals surface area contributed by atoms with Gasteiger partial charge in [0.1, 0.15) is 0 Å². The fourth-order valence-corrected chi connectivity index (χ4v) is 2.70. The molecule has 1 N–H and O–H groups in total. The molecule has 0 aromatic carbocycles. The first-order chi connectivity index (χ1) is 8.26. The Balaban J connectivity index is 2.05. The van der Waals surface area contributed by atoms with Crippen LogP contribution in [0.3, 0.4) is 0 Å². The van der Waals surface area contributed by atoms with Crippen LogP contribution in [0.5, 0.6) is 0 Å². The van der Waals surface area contributed by atoms with Gasteiger partial charge < -0.3 is 10.2 Å². The predicted molar refractivity (Wildman–Crippen MR) is 76.4 cm³/mol. The Kier molecular flexibility index (Phi) is 7.87. The smallest absolute Gasteiger partial charge is 0.0107 e. The van der Waals surface area contributed by atoms with Gasteiger partial charge in [0.25, 0.3) is 0 Å². The first-order valence-electron chi connectivity index (χ1n) is 7.72. The van der Waals surface area contributed by atoms with Crippen LogP contribution in [0.4, 0.5) is 0 Å². The van der Waals surface area contributed by atoms with Crippen molar-refractivity contribution >= 4 is 0 Å². The standard InChI is InChI=1S/C15H32N2/c1-4-6-12-17(5-2)13-11-16-15-9-7-14(3)8-10-15/h14-16H,4-13H2,1-3H3. The SMILES string of the molecule is CCCCN(CC)CCNC1CCC(C)CC1. The lowest BCUT2D eigenvalue weighted by atomic mass is 9.87. The molecule has 1 fully saturated rings. The highest BCUT2D eigenvalue weighted by Gasteiger charge is 2.17. The maximum atomic E-state index is 3.74. The minimum Gasteiger partial charge on any atom is -0.313 e. The first kappa shape index (κ1) is 15.0. The largest absolute Gasteiger partial charge is 0.313 e. The molecule has 0 aliphatic heterocycles. The second-order valence-electron chi connectivity index (χ2n) is 5.70. The van der Waals surface area contributed by atoms with Gasteiger partial charge in [-0.05, 0) is 51.1 Å². The molecule has 102 valence electrons. The van der Waals surface area contributed by atoms with E-state index in [0.29, 0.717) is 0 Å². The van der Waals surface area contributed by atoms with E-state index < -0.39 is 0 Å². The summed E-state index contributed by atoms with van der Waals surface area (Å²) in [6.45, 7) is 11.8. The molecule has 0 amide bonds. The van der Waals surface area contributed by atoms with Gasteiger partial charge in [0, 0.05) is 19.1 Å². The molecule has 0 radical (unpaired) electrons. The molecule has 0 saturated heterocycles. The highest BCUT2D eigenvalue weighted by atomic mass is 15.1. The van der Waals surface area contributed by atoms with Crippen molar-refractivity contribution in [3.8, 4) is 0 Å². The third kappa shape index (κ3) is 6.42. The summed E-state index contributed by atoms with van der Waals surface area (Å²) in [5.41, 5.74) is 0. The molecule has 0 heterocycles. The Morgan fingerprint density at radius 3 is 2.35 bits per heavy atom. The molecular weight excluding hydrogens is 208 g/mol. The van der Waals surface area contributed by atoms with E-state index in [1.807, 2.05) is 0 Å². The second-order valence-corrected chi connectivity index (χ2v) is 5.70. The normalized spacial score (nSPS) is 25.4. The van der Waals surface area contributed by atoms with Crippen LogP contribution in [-0.2, 0) is 0 Å². The van der Waals surface area contributed by atoms with Crippen molar-refractivity contribution in [2.45, 2.75) is 65.3 Å². The number of rotatable bonds is 8. The Labute approximate surface area is 108 Å². The zero-order valence-electron chi connectivity index (χ0n) is 12.2. The van der Waals surface area contributed by atoms with Gasteiger partial charge in [-0.15, -0.1) is 0 Å². The van der Waals surface area contributed by atoms with Gasteiger partial charge in [0.15, 0.2) is 0 Å². The third-order valence-corrected chi connectivity index (χ3v) is 4.15. The first-order valence-corrected chi connectivity index (χ1v) is 7.72. The molecule has 0 bridgehead atoms. The molecule has 1 aliphatic carbocycles. The molecule has 0 unspecified atom stereocenters. The van der Waals surface area contributed by atoms with Crippen molar-refractivity contribution in [1.82, 2.24) is 10.2 Å². The second kappa shape index (κ2) is 8.93. The Hall–Kier alpha value is -0.0800. The summed E-state index contributed by atoms with van der Waals surface area (Å²) in [7, 11) is 0. The van der Waals surface area contributed by atoms with Crippen LogP contribution >= 0.6 is 0 Å². The van der Waals surface area contributed by atoms with Crippen molar-refractivity contribution in [2.75, 3.05) is 26.2 Å². The average Bonchev–Trinajstić information content (AvgIpc) is 2.36. The Bertz CT molecular complexity index is 169. The minimum atomic E-state index is 0.802. The maximum absolute atomic E-state index is 3.74. The summed E-state index contributed by atoms with van der Waals surface area (Å²) in [6, 6.07) is 0.802. The van der Waals surface area contributed by atoms with Crippen LogP contribution in [0.2, 0.25) is 0 Å². The number of likely N-dealkylation sites (N-methyl/N-ethyl adjacent to an activating group) is 1. The third-order valence-electron chi connectivity index (χ3n) is 4.15. The van der Waals surface area contributed by atoms with Crippen LogP contribution < -0.4 is 5.32 Å². The van der Waals surface area contributed by atoms with Gasteiger partial charge in [0.05, 0.1) is 0 Å². The van der Waals surface area contributed by atoms with E-state index in [4.69, 9.17) is 0 Å². The lowest BCUT2D eigenvalue weighted by Gasteiger charge is -2.28. The summed E-state index contributed by atoms with van der Waals surface area (Å²) in [5.74, 6) is 0.963. The number of hydrogen-bond donors (Lipinski definition) is 1. The molecule has 1 rings (SSSR count). The lowest BCUT2D eigenvalue weighted by molar-refractivity contribution is 0.259. The van der Waals surface area contributed by atoms with Gasteiger partial charge in [-0.3, -0.25) is 0 Å². The fraction of sp³-hybridized carbons (Fsp3) is 1.00. The summed E-state index contributed by atoms with van der Waals surface area (Å²) >= 11 is 0. The number of unbranched alkanes of at least 4 members (excludes halogenated alkanes) is 1. The van der Waals surface area contributed by atoms with Gasteiger partial charge in [-0.25, -0.2) is 0 Å². The Morgan fingerprint density at radius 1 is 1.06 bits per heavy atom. The van der Waals surface area contributed by atoms with E-state index in [-0.39, 0.29) is 0 Å².